The number of ketones is 1. The molecule has 0 amide bonds. The van der Waals surface area contributed by atoms with Crippen molar-refractivity contribution < 1.29 is 19.1 Å². The van der Waals surface area contributed by atoms with E-state index in [9.17, 15) is 14.4 Å². The van der Waals surface area contributed by atoms with Gasteiger partial charge in [0.25, 0.3) is 0 Å². The van der Waals surface area contributed by atoms with E-state index in [1.54, 1.807) is 24.3 Å². The van der Waals surface area contributed by atoms with Gasteiger partial charge in [0.1, 0.15) is 17.7 Å². The lowest BCUT2D eigenvalue weighted by Crippen LogP contribution is -2.20. The summed E-state index contributed by atoms with van der Waals surface area (Å²) in [7, 11) is 0. The number of fused-ring (bicyclic) bond motifs is 1. The molecule has 0 unspecified atom stereocenters. The summed E-state index contributed by atoms with van der Waals surface area (Å²) in [5.41, 5.74) is -0.453. The molecule has 0 radical (unpaired) electrons. The molecule has 6 nitrogen and oxygen atoms in total. The Bertz CT molecular complexity index is 717. The van der Waals surface area contributed by atoms with Gasteiger partial charge in [0.15, 0.2) is 5.78 Å². The Morgan fingerprint density at radius 1 is 1.32 bits per heavy atom. The molecular weight excluding hydrogens is 250 g/mol. The number of Topliss-reactive ketones (excluding diaryl/α,β-unsaturated/α-hetero) is 1. The van der Waals surface area contributed by atoms with Gasteiger partial charge in [-0.05, 0) is 19.1 Å². The normalized spacial score (nSPS) is 10.4. The van der Waals surface area contributed by atoms with Crippen molar-refractivity contribution in [1.82, 2.24) is 0 Å². The van der Waals surface area contributed by atoms with Gasteiger partial charge in [0.2, 0.25) is 0 Å². The van der Waals surface area contributed by atoms with Crippen LogP contribution in [0.25, 0.3) is 11.0 Å². The van der Waals surface area contributed by atoms with Crippen LogP contribution in [-0.4, -0.2) is 23.4 Å². The van der Waals surface area contributed by atoms with E-state index in [1.165, 1.54) is 6.92 Å². The van der Waals surface area contributed by atoms with Crippen LogP contribution in [0.15, 0.2) is 33.5 Å². The smallest absolute Gasteiger partial charge is 0.349 e. The largest absolute Gasteiger partial charge is 0.480 e. The van der Waals surface area contributed by atoms with Crippen molar-refractivity contribution in [3.63, 3.8) is 0 Å². The minimum Gasteiger partial charge on any atom is -0.480 e. The van der Waals surface area contributed by atoms with Gasteiger partial charge in [-0.3, -0.25) is 9.59 Å². The van der Waals surface area contributed by atoms with Crippen LogP contribution in [0.3, 0.4) is 0 Å². The van der Waals surface area contributed by atoms with E-state index in [1.807, 2.05) is 0 Å². The predicted molar refractivity (Wildman–Crippen MR) is 68.6 cm³/mol. The van der Waals surface area contributed by atoms with Crippen molar-refractivity contribution in [2.24, 2.45) is 0 Å². The third kappa shape index (κ3) is 2.47. The van der Waals surface area contributed by atoms with E-state index in [0.29, 0.717) is 11.0 Å². The zero-order valence-corrected chi connectivity index (χ0v) is 10.1. The molecule has 1 aromatic heterocycles. The van der Waals surface area contributed by atoms with Crippen LogP contribution in [0.2, 0.25) is 0 Å². The zero-order valence-electron chi connectivity index (χ0n) is 10.1. The first-order valence-corrected chi connectivity index (χ1v) is 5.53. The number of hydrogen-bond donors (Lipinski definition) is 2. The molecule has 0 aliphatic rings. The van der Waals surface area contributed by atoms with Crippen molar-refractivity contribution in [1.29, 1.82) is 0 Å². The first kappa shape index (κ1) is 12.8. The fourth-order valence-electron chi connectivity index (χ4n) is 1.82. The van der Waals surface area contributed by atoms with E-state index in [2.05, 4.69) is 5.32 Å². The van der Waals surface area contributed by atoms with Crippen molar-refractivity contribution in [3.05, 3.63) is 40.2 Å². The zero-order chi connectivity index (χ0) is 14.0. The average Bonchev–Trinajstić information content (AvgIpc) is 2.34. The number of carbonyl (C=O) groups is 2. The summed E-state index contributed by atoms with van der Waals surface area (Å²) in [5.74, 6) is -1.57. The Hall–Kier alpha value is -2.63. The molecule has 1 heterocycles. The second-order valence-corrected chi connectivity index (χ2v) is 3.94. The summed E-state index contributed by atoms with van der Waals surface area (Å²) in [6, 6.07) is 6.61. The molecule has 2 aromatic rings. The first-order chi connectivity index (χ1) is 9.00. The third-order valence-electron chi connectivity index (χ3n) is 2.58. The molecular formula is C13H11NO5. The van der Waals surface area contributed by atoms with Gasteiger partial charge in [-0.15, -0.1) is 0 Å². The Morgan fingerprint density at radius 2 is 2.00 bits per heavy atom. The molecule has 98 valence electrons. The van der Waals surface area contributed by atoms with Gasteiger partial charge < -0.3 is 14.8 Å². The van der Waals surface area contributed by atoms with Crippen LogP contribution >= 0.6 is 0 Å². The molecule has 0 atom stereocenters. The molecule has 2 rings (SSSR count). The van der Waals surface area contributed by atoms with Gasteiger partial charge in [-0.25, -0.2) is 4.79 Å². The molecule has 0 saturated heterocycles. The quantitative estimate of drug-likeness (QED) is 0.639. The van der Waals surface area contributed by atoms with E-state index < -0.39 is 23.9 Å². The van der Waals surface area contributed by atoms with Crippen LogP contribution in [0.1, 0.15) is 17.3 Å². The monoisotopic (exact) mass is 261 g/mol. The molecule has 0 saturated carbocycles. The molecule has 6 heteroatoms. The van der Waals surface area contributed by atoms with Gasteiger partial charge in [0, 0.05) is 5.39 Å². The summed E-state index contributed by atoms with van der Waals surface area (Å²) in [6.45, 7) is 0.834. The van der Waals surface area contributed by atoms with Crippen LogP contribution in [-0.2, 0) is 4.79 Å². The number of nitrogens with one attached hydrogen (secondary N) is 1. The second-order valence-electron chi connectivity index (χ2n) is 3.94. The number of aliphatic carboxylic acids is 1. The minimum absolute atomic E-state index is 0.167. The van der Waals surface area contributed by atoms with Gasteiger partial charge in [0.05, 0.1) is 5.69 Å². The number of hydrogen-bond acceptors (Lipinski definition) is 5. The summed E-state index contributed by atoms with van der Waals surface area (Å²) in [6.07, 6.45) is 0. The standard InChI is InChI=1S/C13H11NO5/c1-7(15)11-12(14-6-10(16)17)8-4-2-3-5-9(8)19-13(11)18/h2-5,14H,6H2,1H3,(H,16,17). The van der Waals surface area contributed by atoms with Crippen LogP contribution in [0, 0.1) is 0 Å². The lowest BCUT2D eigenvalue weighted by Gasteiger charge is -2.10. The number of carbonyl (C=O) groups excluding carboxylic acids is 1. The van der Waals surface area contributed by atoms with Crippen molar-refractivity contribution >= 4 is 28.4 Å². The highest BCUT2D eigenvalue weighted by Gasteiger charge is 2.18. The van der Waals surface area contributed by atoms with Gasteiger partial charge >= 0.3 is 11.6 Å². The molecule has 1 aromatic carbocycles. The molecule has 2 N–H and O–H groups in total. The number of benzene rings is 1. The topological polar surface area (TPSA) is 96.6 Å². The van der Waals surface area contributed by atoms with Crippen LogP contribution in [0.5, 0.6) is 0 Å². The summed E-state index contributed by atoms with van der Waals surface area (Å²) in [4.78, 5) is 33.9. The SMILES string of the molecule is CC(=O)c1c(NCC(=O)O)c2ccccc2oc1=O. The van der Waals surface area contributed by atoms with Crippen molar-refractivity contribution in [3.8, 4) is 0 Å². The Labute approximate surface area is 107 Å². The van der Waals surface area contributed by atoms with Gasteiger partial charge in [-0.1, -0.05) is 12.1 Å². The number of carboxylic acids is 1. The summed E-state index contributed by atoms with van der Waals surface area (Å²) >= 11 is 0. The molecule has 19 heavy (non-hydrogen) atoms. The Morgan fingerprint density at radius 3 is 2.63 bits per heavy atom. The third-order valence-corrected chi connectivity index (χ3v) is 2.58. The van der Waals surface area contributed by atoms with E-state index in [0.717, 1.165) is 0 Å². The predicted octanol–water partition coefficient (Wildman–Crippen LogP) is 1.49. The summed E-state index contributed by atoms with van der Waals surface area (Å²) < 4.78 is 5.04. The second kappa shape index (κ2) is 4.93. The lowest BCUT2D eigenvalue weighted by molar-refractivity contribution is -0.134. The Balaban J connectivity index is 2.72. The van der Waals surface area contributed by atoms with Gasteiger partial charge in [-0.2, -0.15) is 0 Å². The fraction of sp³-hybridized carbons (Fsp3) is 0.154. The van der Waals surface area contributed by atoms with Crippen molar-refractivity contribution in [2.45, 2.75) is 6.92 Å². The maximum Gasteiger partial charge on any atom is 0.349 e. The molecule has 0 aliphatic heterocycles. The molecule has 0 aliphatic carbocycles. The maximum absolute atomic E-state index is 11.8. The van der Waals surface area contributed by atoms with Crippen LogP contribution in [0.4, 0.5) is 5.69 Å². The van der Waals surface area contributed by atoms with Crippen LogP contribution < -0.4 is 10.9 Å². The Kier molecular flexibility index (Phi) is 3.33. The molecule has 0 bridgehead atoms. The van der Waals surface area contributed by atoms with E-state index in [4.69, 9.17) is 9.52 Å². The number of carboxylic acid groups (broad SMARTS) is 1. The first-order valence-electron chi connectivity index (χ1n) is 5.53. The highest BCUT2D eigenvalue weighted by atomic mass is 16.4. The number of para-hydroxylation sites is 1. The van der Waals surface area contributed by atoms with E-state index in [-0.39, 0.29) is 11.3 Å². The molecule has 0 fully saturated rings. The summed E-state index contributed by atoms with van der Waals surface area (Å²) in [5, 5.41) is 11.8. The minimum atomic E-state index is -1.09. The highest BCUT2D eigenvalue weighted by molar-refractivity contribution is 6.06. The fourth-order valence-corrected chi connectivity index (χ4v) is 1.82. The van der Waals surface area contributed by atoms with E-state index >= 15 is 0 Å². The highest BCUT2D eigenvalue weighted by Crippen LogP contribution is 2.25. The lowest BCUT2D eigenvalue weighted by atomic mass is 10.1. The maximum atomic E-state index is 11.8. The van der Waals surface area contributed by atoms with Crippen molar-refractivity contribution in [2.75, 3.05) is 11.9 Å². The molecule has 0 spiro atoms. The average molecular weight is 261 g/mol. The number of rotatable bonds is 4. The number of anilines is 1.